The van der Waals surface area contributed by atoms with Crippen molar-refractivity contribution < 1.29 is 14.7 Å². The summed E-state index contributed by atoms with van der Waals surface area (Å²) in [6.45, 7) is 1.52. The molecule has 0 fully saturated rings. The Morgan fingerprint density at radius 3 is 2.80 bits per heavy atom. The molecule has 0 aliphatic carbocycles. The second-order valence-corrected chi connectivity index (χ2v) is 3.69. The number of carbonyl (C=O) groups is 2. The van der Waals surface area contributed by atoms with Gasteiger partial charge in [0, 0.05) is 11.3 Å². The minimum atomic E-state index is -1.72. The van der Waals surface area contributed by atoms with Crippen molar-refractivity contribution in [2.24, 2.45) is 5.92 Å². The first-order valence-corrected chi connectivity index (χ1v) is 4.69. The summed E-state index contributed by atoms with van der Waals surface area (Å²) in [5, 5.41) is 12.8. The van der Waals surface area contributed by atoms with Gasteiger partial charge in [0.2, 0.25) is 0 Å². The fourth-order valence-electron chi connectivity index (χ4n) is 1.81. The number of rotatable bonds is 2. The Morgan fingerprint density at radius 2 is 2.13 bits per heavy atom. The maximum absolute atomic E-state index is 11.6. The van der Waals surface area contributed by atoms with Crippen LogP contribution in [0.5, 0.6) is 0 Å². The molecule has 1 heterocycles. The number of nitrogens with one attached hydrogen (secondary N) is 1. The largest absolute Gasteiger partial charge is 0.375 e. The quantitative estimate of drug-likeness (QED) is 0.697. The van der Waals surface area contributed by atoms with Crippen LogP contribution in [-0.2, 0) is 15.2 Å². The van der Waals surface area contributed by atoms with Crippen LogP contribution in [0.1, 0.15) is 12.5 Å². The summed E-state index contributed by atoms with van der Waals surface area (Å²) in [5.74, 6) is -1.30. The topological polar surface area (TPSA) is 66.4 Å². The van der Waals surface area contributed by atoms with Gasteiger partial charge in [0.1, 0.15) is 6.29 Å². The number of anilines is 1. The van der Waals surface area contributed by atoms with E-state index in [1.165, 1.54) is 6.92 Å². The van der Waals surface area contributed by atoms with Crippen LogP contribution >= 0.6 is 0 Å². The normalized spacial score (nSPS) is 25.6. The number of hydrogen-bond acceptors (Lipinski definition) is 3. The molecule has 0 saturated carbocycles. The molecule has 15 heavy (non-hydrogen) atoms. The third kappa shape index (κ3) is 1.18. The monoisotopic (exact) mass is 205 g/mol. The summed E-state index contributed by atoms with van der Waals surface area (Å²) in [6, 6.07) is 6.83. The fourth-order valence-corrected chi connectivity index (χ4v) is 1.81. The zero-order valence-corrected chi connectivity index (χ0v) is 8.23. The molecule has 78 valence electrons. The first-order chi connectivity index (χ1) is 7.10. The Bertz CT molecular complexity index is 430. The summed E-state index contributed by atoms with van der Waals surface area (Å²) >= 11 is 0. The van der Waals surface area contributed by atoms with E-state index in [1.807, 2.05) is 0 Å². The van der Waals surface area contributed by atoms with Gasteiger partial charge in [-0.15, -0.1) is 0 Å². The van der Waals surface area contributed by atoms with Gasteiger partial charge in [0.05, 0.1) is 5.92 Å². The third-order valence-electron chi connectivity index (χ3n) is 2.80. The molecule has 1 aromatic carbocycles. The number of carbonyl (C=O) groups excluding carboxylic acids is 2. The number of amides is 1. The van der Waals surface area contributed by atoms with Gasteiger partial charge >= 0.3 is 0 Å². The van der Waals surface area contributed by atoms with Gasteiger partial charge in [-0.1, -0.05) is 25.1 Å². The minimum absolute atomic E-state index is 0.467. The maximum atomic E-state index is 11.6. The standard InChI is InChI=1S/C11H11NO3/c1-7(6-13)11(15)8-4-2-3-5-9(8)12-10(11)14/h2-7,15H,1H3,(H,12,14)/t7-,11+/m1/s1. The molecule has 0 saturated heterocycles. The predicted octanol–water partition coefficient (Wildman–Crippen LogP) is 0.661. The van der Waals surface area contributed by atoms with Gasteiger partial charge in [-0.3, -0.25) is 4.79 Å². The highest BCUT2D eigenvalue weighted by molar-refractivity contribution is 6.06. The predicted molar refractivity (Wildman–Crippen MR) is 54.2 cm³/mol. The molecule has 2 atom stereocenters. The molecular weight excluding hydrogens is 194 g/mol. The SMILES string of the molecule is C[C@H](C=O)[C@@]1(O)C(=O)Nc2ccccc21. The summed E-state index contributed by atoms with van der Waals surface area (Å²) in [7, 11) is 0. The molecule has 4 nitrogen and oxygen atoms in total. The van der Waals surface area contributed by atoms with Crippen molar-refractivity contribution in [2.45, 2.75) is 12.5 Å². The number of aldehydes is 1. The van der Waals surface area contributed by atoms with Crippen molar-refractivity contribution in [3.05, 3.63) is 29.8 Å². The molecule has 2 rings (SSSR count). The van der Waals surface area contributed by atoms with E-state index in [9.17, 15) is 14.7 Å². The zero-order valence-electron chi connectivity index (χ0n) is 8.23. The van der Waals surface area contributed by atoms with E-state index in [4.69, 9.17) is 0 Å². The highest BCUT2D eigenvalue weighted by atomic mass is 16.3. The second-order valence-electron chi connectivity index (χ2n) is 3.69. The van der Waals surface area contributed by atoms with Crippen molar-refractivity contribution in [1.82, 2.24) is 0 Å². The van der Waals surface area contributed by atoms with Crippen molar-refractivity contribution in [3.8, 4) is 0 Å². The fraction of sp³-hybridized carbons (Fsp3) is 0.273. The van der Waals surface area contributed by atoms with Gasteiger partial charge in [-0.25, -0.2) is 0 Å². The van der Waals surface area contributed by atoms with Crippen LogP contribution in [0, 0.1) is 5.92 Å². The summed E-state index contributed by atoms with van der Waals surface area (Å²) in [6.07, 6.45) is 0.585. The Labute approximate surface area is 86.9 Å². The lowest BCUT2D eigenvalue weighted by Gasteiger charge is -2.23. The highest BCUT2D eigenvalue weighted by Crippen LogP contribution is 2.39. The number of para-hydroxylation sites is 1. The molecule has 0 aromatic heterocycles. The second kappa shape index (κ2) is 3.17. The maximum Gasteiger partial charge on any atom is 0.261 e. The molecule has 1 aliphatic rings. The van der Waals surface area contributed by atoms with Gasteiger partial charge in [0.25, 0.3) is 5.91 Å². The molecule has 2 N–H and O–H groups in total. The van der Waals surface area contributed by atoms with Gasteiger partial charge in [0.15, 0.2) is 5.60 Å². The Kier molecular flexibility index (Phi) is 2.08. The van der Waals surface area contributed by atoms with E-state index in [0.717, 1.165) is 0 Å². The van der Waals surface area contributed by atoms with Crippen molar-refractivity contribution >= 4 is 17.9 Å². The van der Waals surface area contributed by atoms with Gasteiger partial charge in [-0.2, -0.15) is 0 Å². The van der Waals surface area contributed by atoms with Crippen LogP contribution in [0.25, 0.3) is 0 Å². The van der Waals surface area contributed by atoms with Gasteiger partial charge < -0.3 is 15.2 Å². The third-order valence-corrected chi connectivity index (χ3v) is 2.80. The first-order valence-electron chi connectivity index (χ1n) is 4.69. The molecular formula is C11H11NO3. The lowest BCUT2D eigenvalue weighted by Crippen LogP contribution is -2.41. The number of benzene rings is 1. The van der Waals surface area contributed by atoms with Crippen molar-refractivity contribution in [2.75, 3.05) is 5.32 Å². The molecule has 1 aromatic rings. The van der Waals surface area contributed by atoms with E-state index in [-0.39, 0.29) is 0 Å². The number of hydrogen-bond donors (Lipinski definition) is 2. The average Bonchev–Trinajstić information content (AvgIpc) is 2.52. The van der Waals surface area contributed by atoms with Crippen LogP contribution in [0.15, 0.2) is 24.3 Å². The van der Waals surface area contributed by atoms with Gasteiger partial charge in [-0.05, 0) is 6.07 Å². The lowest BCUT2D eigenvalue weighted by molar-refractivity contribution is -0.142. The molecule has 0 unspecified atom stereocenters. The molecule has 4 heteroatoms. The smallest absolute Gasteiger partial charge is 0.261 e. The molecule has 1 amide bonds. The zero-order chi connectivity index (χ0) is 11.1. The number of fused-ring (bicyclic) bond motifs is 1. The van der Waals surface area contributed by atoms with E-state index < -0.39 is 17.4 Å². The summed E-state index contributed by atoms with van der Waals surface area (Å²) < 4.78 is 0. The molecule has 0 bridgehead atoms. The number of aliphatic hydroxyl groups is 1. The molecule has 0 spiro atoms. The first kappa shape index (κ1) is 9.86. The highest BCUT2D eigenvalue weighted by Gasteiger charge is 2.49. The summed E-state index contributed by atoms with van der Waals surface area (Å²) in [4.78, 5) is 22.3. The Balaban J connectivity index is 2.58. The van der Waals surface area contributed by atoms with Crippen LogP contribution in [-0.4, -0.2) is 17.3 Å². The summed E-state index contributed by atoms with van der Waals surface area (Å²) in [5.41, 5.74) is -0.688. The van der Waals surface area contributed by atoms with Crippen LogP contribution in [0.2, 0.25) is 0 Å². The molecule has 1 aliphatic heterocycles. The van der Waals surface area contributed by atoms with Crippen LogP contribution in [0.3, 0.4) is 0 Å². The minimum Gasteiger partial charge on any atom is -0.375 e. The Hall–Kier alpha value is -1.68. The van der Waals surface area contributed by atoms with E-state index in [1.54, 1.807) is 24.3 Å². The van der Waals surface area contributed by atoms with Crippen molar-refractivity contribution in [1.29, 1.82) is 0 Å². The lowest BCUT2D eigenvalue weighted by atomic mass is 9.84. The van der Waals surface area contributed by atoms with Crippen LogP contribution in [0.4, 0.5) is 5.69 Å². The van der Waals surface area contributed by atoms with Crippen LogP contribution < -0.4 is 5.32 Å². The van der Waals surface area contributed by atoms with E-state index >= 15 is 0 Å². The Morgan fingerprint density at radius 1 is 1.47 bits per heavy atom. The van der Waals surface area contributed by atoms with E-state index in [0.29, 0.717) is 17.5 Å². The molecule has 0 radical (unpaired) electrons. The van der Waals surface area contributed by atoms with Crippen molar-refractivity contribution in [3.63, 3.8) is 0 Å². The van der Waals surface area contributed by atoms with E-state index in [2.05, 4.69) is 5.32 Å². The average molecular weight is 205 g/mol.